The van der Waals surface area contributed by atoms with Gasteiger partial charge >= 0.3 is 6.03 Å². The molecule has 1 aromatic rings. The number of aliphatic hydroxyl groups excluding tert-OH is 1. The van der Waals surface area contributed by atoms with Crippen LogP contribution in [0, 0.1) is 12.8 Å². The van der Waals surface area contributed by atoms with Crippen LogP contribution >= 0.6 is 0 Å². The number of hydrogen-bond acceptors (Lipinski definition) is 3. The highest BCUT2D eigenvalue weighted by Gasteiger charge is 2.23. The Kier molecular flexibility index (Phi) is 4.74. The molecule has 2 amide bonds. The Bertz CT molecular complexity index is 419. The average Bonchev–Trinajstić information content (AvgIpc) is 2.40. The largest absolute Gasteiger partial charge is 0.393 e. The molecule has 0 saturated heterocycles. The molecule has 0 spiro atoms. The van der Waals surface area contributed by atoms with Gasteiger partial charge in [-0.2, -0.15) is 0 Å². The number of aromatic nitrogens is 1. The summed E-state index contributed by atoms with van der Waals surface area (Å²) in [6.07, 6.45) is 5.45. The van der Waals surface area contributed by atoms with Gasteiger partial charge in [0, 0.05) is 18.7 Å². The van der Waals surface area contributed by atoms with E-state index in [2.05, 4.69) is 15.6 Å². The number of carbonyl (C=O) groups excluding carboxylic acids is 1. The van der Waals surface area contributed by atoms with Gasteiger partial charge in [0.05, 0.1) is 6.10 Å². The maximum absolute atomic E-state index is 11.7. The second-order valence-electron chi connectivity index (χ2n) is 5.17. The summed E-state index contributed by atoms with van der Waals surface area (Å²) < 4.78 is 0. The summed E-state index contributed by atoms with van der Waals surface area (Å²) in [6.45, 7) is 2.46. The Morgan fingerprint density at radius 2 is 2.21 bits per heavy atom. The van der Waals surface area contributed by atoms with Gasteiger partial charge in [-0.15, -0.1) is 0 Å². The third kappa shape index (κ3) is 4.21. The molecule has 1 heterocycles. The first-order valence-electron chi connectivity index (χ1n) is 6.81. The third-order valence-corrected chi connectivity index (χ3v) is 3.55. The van der Waals surface area contributed by atoms with Gasteiger partial charge in [-0.25, -0.2) is 9.78 Å². The van der Waals surface area contributed by atoms with Crippen LogP contribution in [0.2, 0.25) is 0 Å². The monoisotopic (exact) mass is 263 g/mol. The molecule has 1 fully saturated rings. The van der Waals surface area contributed by atoms with Gasteiger partial charge < -0.3 is 10.4 Å². The molecule has 1 aromatic heterocycles. The lowest BCUT2D eigenvalue weighted by atomic mass is 9.86. The number of carbonyl (C=O) groups is 1. The van der Waals surface area contributed by atoms with E-state index in [1.54, 1.807) is 12.3 Å². The second-order valence-corrected chi connectivity index (χ2v) is 5.17. The molecule has 5 nitrogen and oxygen atoms in total. The van der Waals surface area contributed by atoms with E-state index in [1.807, 2.05) is 13.0 Å². The van der Waals surface area contributed by atoms with Crippen LogP contribution in [0.1, 0.15) is 31.2 Å². The third-order valence-electron chi connectivity index (χ3n) is 3.55. The topological polar surface area (TPSA) is 74.2 Å². The first kappa shape index (κ1) is 13.8. The summed E-state index contributed by atoms with van der Waals surface area (Å²) in [5.41, 5.74) is 1.05. The Balaban J connectivity index is 1.76. The van der Waals surface area contributed by atoms with Crippen LogP contribution in [-0.2, 0) is 0 Å². The average molecular weight is 263 g/mol. The summed E-state index contributed by atoms with van der Waals surface area (Å²) in [5.74, 6) is 0.706. The first-order chi connectivity index (χ1) is 9.15. The molecule has 0 radical (unpaired) electrons. The lowest BCUT2D eigenvalue weighted by Crippen LogP contribution is -2.38. The molecule has 0 aliphatic heterocycles. The number of hydrogen-bond donors (Lipinski definition) is 3. The molecular weight excluding hydrogens is 242 g/mol. The van der Waals surface area contributed by atoms with Crippen molar-refractivity contribution in [1.29, 1.82) is 0 Å². The van der Waals surface area contributed by atoms with Crippen molar-refractivity contribution in [1.82, 2.24) is 10.3 Å². The number of pyridine rings is 1. The molecule has 1 aliphatic carbocycles. The van der Waals surface area contributed by atoms with Crippen LogP contribution in [-0.4, -0.2) is 28.8 Å². The van der Waals surface area contributed by atoms with Gasteiger partial charge in [-0.1, -0.05) is 18.9 Å². The number of aryl methyl sites for hydroxylation is 1. The van der Waals surface area contributed by atoms with Gasteiger partial charge in [0.15, 0.2) is 0 Å². The number of aliphatic hydroxyl groups is 1. The highest BCUT2D eigenvalue weighted by atomic mass is 16.3. The van der Waals surface area contributed by atoms with E-state index < -0.39 is 0 Å². The van der Waals surface area contributed by atoms with E-state index in [4.69, 9.17) is 0 Å². The van der Waals surface area contributed by atoms with Crippen molar-refractivity contribution in [3.05, 3.63) is 23.9 Å². The molecule has 0 bridgehead atoms. The van der Waals surface area contributed by atoms with Crippen LogP contribution in [0.25, 0.3) is 0 Å². The SMILES string of the molecule is Cc1ccc(NC(=O)NC[C@@H]2CCCC[C@H]2O)nc1. The van der Waals surface area contributed by atoms with E-state index in [-0.39, 0.29) is 18.1 Å². The Morgan fingerprint density at radius 3 is 2.89 bits per heavy atom. The standard InChI is InChI=1S/C14H21N3O2/c1-10-6-7-13(15-8-10)17-14(19)16-9-11-4-2-3-5-12(11)18/h6-8,11-12,18H,2-5,9H2,1H3,(H2,15,16,17,19)/t11-,12+/m0/s1. The number of nitrogens with one attached hydrogen (secondary N) is 2. The highest BCUT2D eigenvalue weighted by molar-refractivity contribution is 5.88. The summed E-state index contributed by atoms with van der Waals surface area (Å²) >= 11 is 0. The molecular formula is C14H21N3O2. The van der Waals surface area contributed by atoms with E-state index in [0.717, 1.165) is 31.2 Å². The molecule has 3 N–H and O–H groups in total. The van der Waals surface area contributed by atoms with Crippen molar-refractivity contribution >= 4 is 11.8 Å². The molecule has 5 heteroatoms. The quantitative estimate of drug-likeness (QED) is 0.781. The van der Waals surface area contributed by atoms with E-state index >= 15 is 0 Å². The van der Waals surface area contributed by atoms with Crippen LogP contribution in [0.3, 0.4) is 0 Å². The fourth-order valence-corrected chi connectivity index (χ4v) is 2.35. The van der Waals surface area contributed by atoms with Crippen molar-refractivity contribution in [2.75, 3.05) is 11.9 Å². The normalized spacial score (nSPS) is 22.8. The summed E-state index contributed by atoms with van der Waals surface area (Å²) in [6, 6.07) is 3.40. The fourth-order valence-electron chi connectivity index (χ4n) is 2.35. The van der Waals surface area contributed by atoms with Crippen molar-refractivity contribution in [2.45, 2.75) is 38.7 Å². The van der Waals surface area contributed by atoms with Crippen LogP contribution in [0.15, 0.2) is 18.3 Å². The smallest absolute Gasteiger partial charge is 0.320 e. The highest BCUT2D eigenvalue weighted by Crippen LogP contribution is 2.23. The molecule has 19 heavy (non-hydrogen) atoms. The van der Waals surface area contributed by atoms with Gasteiger partial charge in [-0.3, -0.25) is 5.32 Å². The first-order valence-corrected chi connectivity index (χ1v) is 6.81. The fraction of sp³-hybridized carbons (Fsp3) is 0.571. The molecule has 1 aliphatic rings. The predicted octanol–water partition coefficient (Wildman–Crippen LogP) is 2.06. The van der Waals surface area contributed by atoms with Gasteiger partial charge in [-0.05, 0) is 31.4 Å². The van der Waals surface area contributed by atoms with Crippen LogP contribution in [0.5, 0.6) is 0 Å². The predicted molar refractivity (Wildman–Crippen MR) is 74.0 cm³/mol. The number of nitrogens with zero attached hydrogens (tertiary/aromatic N) is 1. The molecule has 104 valence electrons. The van der Waals surface area contributed by atoms with E-state index in [1.165, 1.54) is 0 Å². The molecule has 0 unspecified atom stereocenters. The molecule has 2 atom stereocenters. The van der Waals surface area contributed by atoms with E-state index in [9.17, 15) is 9.90 Å². The minimum absolute atomic E-state index is 0.172. The summed E-state index contributed by atoms with van der Waals surface area (Å²) in [4.78, 5) is 15.8. The Hall–Kier alpha value is -1.62. The van der Waals surface area contributed by atoms with Gasteiger partial charge in [0.25, 0.3) is 0 Å². The van der Waals surface area contributed by atoms with Gasteiger partial charge in [0.2, 0.25) is 0 Å². The molecule has 2 rings (SSSR count). The minimum Gasteiger partial charge on any atom is -0.393 e. The van der Waals surface area contributed by atoms with Crippen molar-refractivity contribution in [3.8, 4) is 0 Å². The maximum atomic E-state index is 11.7. The van der Waals surface area contributed by atoms with Crippen LogP contribution in [0.4, 0.5) is 10.6 Å². The zero-order chi connectivity index (χ0) is 13.7. The lowest BCUT2D eigenvalue weighted by molar-refractivity contribution is 0.0711. The Morgan fingerprint density at radius 1 is 1.42 bits per heavy atom. The molecule has 0 aromatic carbocycles. The number of anilines is 1. The number of rotatable bonds is 3. The number of amides is 2. The van der Waals surface area contributed by atoms with Crippen LogP contribution < -0.4 is 10.6 Å². The van der Waals surface area contributed by atoms with Crippen molar-refractivity contribution in [3.63, 3.8) is 0 Å². The number of urea groups is 1. The lowest BCUT2D eigenvalue weighted by Gasteiger charge is -2.27. The molecule has 1 saturated carbocycles. The van der Waals surface area contributed by atoms with Gasteiger partial charge in [0.1, 0.15) is 5.82 Å². The second kappa shape index (κ2) is 6.52. The zero-order valence-electron chi connectivity index (χ0n) is 11.2. The van der Waals surface area contributed by atoms with Crippen molar-refractivity contribution < 1.29 is 9.90 Å². The maximum Gasteiger partial charge on any atom is 0.320 e. The summed E-state index contributed by atoms with van der Waals surface area (Å²) in [7, 11) is 0. The van der Waals surface area contributed by atoms with E-state index in [0.29, 0.717) is 12.4 Å². The Labute approximate surface area is 113 Å². The summed E-state index contributed by atoms with van der Waals surface area (Å²) in [5, 5.41) is 15.3. The minimum atomic E-state index is -0.286. The zero-order valence-corrected chi connectivity index (χ0v) is 11.2. The van der Waals surface area contributed by atoms with Crippen molar-refractivity contribution in [2.24, 2.45) is 5.92 Å².